The Balaban J connectivity index is 0.000000126. The van der Waals surface area contributed by atoms with Crippen molar-refractivity contribution in [3.05, 3.63) is 0 Å². The summed E-state index contributed by atoms with van der Waals surface area (Å²) in [6.07, 6.45) is 0. The van der Waals surface area contributed by atoms with Crippen LogP contribution in [0.5, 0.6) is 0 Å². The first-order valence-corrected chi connectivity index (χ1v) is 8.77. The number of hydrogen-bond donors (Lipinski definition) is 1. The first-order valence-electron chi connectivity index (χ1n) is 8.77. The molecule has 4 heterocycles. The van der Waals surface area contributed by atoms with E-state index in [-0.39, 0.29) is 0 Å². The van der Waals surface area contributed by atoms with Crippen molar-refractivity contribution in [3.8, 4) is 0 Å². The summed E-state index contributed by atoms with van der Waals surface area (Å²) < 4.78 is 0. The predicted molar refractivity (Wildman–Crippen MR) is 88.5 cm³/mol. The minimum absolute atomic E-state index is 0.806. The van der Waals surface area contributed by atoms with E-state index in [4.69, 9.17) is 0 Å². The van der Waals surface area contributed by atoms with Gasteiger partial charge in [0, 0.05) is 38.3 Å². The highest BCUT2D eigenvalue weighted by Gasteiger charge is 2.42. The van der Waals surface area contributed by atoms with Crippen LogP contribution in [0.15, 0.2) is 0 Å². The van der Waals surface area contributed by atoms with Crippen molar-refractivity contribution in [2.24, 2.45) is 23.7 Å². The fourth-order valence-corrected chi connectivity index (χ4v) is 5.10. The molecule has 0 aromatic rings. The van der Waals surface area contributed by atoms with Gasteiger partial charge < -0.3 is 20.0 Å². The average molecular weight is 294 g/mol. The van der Waals surface area contributed by atoms with Gasteiger partial charge in [0.1, 0.15) is 0 Å². The van der Waals surface area contributed by atoms with Crippen molar-refractivity contribution in [1.29, 1.82) is 0 Å². The molecule has 122 valence electrons. The molecule has 0 amide bonds. The van der Waals surface area contributed by atoms with Crippen molar-refractivity contribution in [2.75, 3.05) is 60.4 Å². The van der Waals surface area contributed by atoms with Crippen molar-refractivity contribution in [1.82, 2.24) is 20.0 Å². The van der Waals surface area contributed by atoms with E-state index in [9.17, 15) is 0 Å². The molecule has 4 heteroatoms. The van der Waals surface area contributed by atoms with E-state index in [1.54, 1.807) is 0 Å². The van der Waals surface area contributed by atoms with Crippen LogP contribution in [-0.4, -0.2) is 87.2 Å². The molecule has 0 aromatic carbocycles. The number of nitrogens with zero attached hydrogens (tertiary/aromatic N) is 3. The Kier molecular flexibility index (Phi) is 4.60. The monoisotopic (exact) mass is 294 g/mol. The van der Waals surface area contributed by atoms with Crippen LogP contribution < -0.4 is 5.32 Å². The Morgan fingerprint density at radius 1 is 0.714 bits per heavy atom. The molecular weight excluding hydrogens is 260 g/mol. The third-order valence-corrected chi connectivity index (χ3v) is 6.74. The van der Waals surface area contributed by atoms with E-state index >= 15 is 0 Å². The van der Waals surface area contributed by atoms with E-state index in [2.05, 4.69) is 55.0 Å². The quantitative estimate of drug-likeness (QED) is 0.708. The van der Waals surface area contributed by atoms with Gasteiger partial charge in [-0.2, -0.15) is 0 Å². The molecule has 21 heavy (non-hydrogen) atoms. The highest BCUT2D eigenvalue weighted by molar-refractivity contribution is 4.96. The van der Waals surface area contributed by atoms with Crippen LogP contribution in [0.3, 0.4) is 0 Å². The van der Waals surface area contributed by atoms with Gasteiger partial charge in [-0.15, -0.1) is 0 Å². The fraction of sp³-hybridized carbons (Fsp3) is 1.00. The zero-order chi connectivity index (χ0) is 15.1. The average Bonchev–Trinajstić information content (AvgIpc) is 3.13. The molecule has 0 spiro atoms. The maximum atomic E-state index is 3.45. The van der Waals surface area contributed by atoms with E-state index in [0.29, 0.717) is 0 Å². The van der Waals surface area contributed by atoms with Gasteiger partial charge in [0.25, 0.3) is 0 Å². The maximum absolute atomic E-state index is 3.45. The first kappa shape index (κ1) is 15.7. The highest BCUT2D eigenvalue weighted by Crippen LogP contribution is 2.34. The lowest BCUT2D eigenvalue weighted by Crippen LogP contribution is -2.30. The summed E-state index contributed by atoms with van der Waals surface area (Å²) in [6, 6.07) is 1.62. The Bertz CT molecular complexity index is 359. The zero-order valence-electron chi connectivity index (χ0n) is 14.5. The minimum atomic E-state index is 0.806. The first-order chi connectivity index (χ1) is 9.97. The molecule has 0 saturated carbocycles. The van der Waals surface area contributed by atoms with E-state index in [0.717, 1.165) is 35.8 Å². The molecule has 0 radical (unpaired) electrons. The SMILES string of the molecule is C[C@H]1[C@@H]2CN(C)C[C@@H]2CN1C.C[C@H]1[C@@H]2CNC[C@@H]2CN1C. The Morgan fingerprint density at radius 2 is 1.33 bits per heavy atom. The van der Waals surface area contributed by atoms with E-state index < -0.39 is 0 Å². The third kappa shape index (κ3) is 3.00. The van der Waals surface area contributed by atoms with Crippen molar-refractivity contribution < 1.29 is 0 Å². The lowest BCUT2D eigenvalue weighted by atomic mass is 9.95. The molecule has 1 N–H and O–H groups in total. The summed E-state index contributed by atoms with van der Waals surface area (Å²) in [6.45, 7) is 12.5. The van der Waals surface area contributed by atoms with Crippen LogP contribution in [0.25, 0.3) is 0 Å². The smallest absolute Gasteiger partial charge is 0.0108 e. The van der Waals surface area contributed by atoms with Crippen LogP contribution in [0, 0.1) is 23.7 Å². The molecule has 4 nitrogen and oxygen atoms in total. The number of hydrogen-bond acceptors (Lipinski definition) is 4. The number of rotatable bonds is 0. The molecular formula is C17H34N4. The molecule has 0 aliphatic carbocycles. The van der Waals surface area contributed by atoms with Gasteiger partial charge in [-0.25, -0.2) is 0 Å². The summed E-state index contributed by atoms with van der Waals surface area (Å²) in [5, 5.41) is 3.45. The van der Waals surface area contributed by atoms with Gasteiger partial charge in [0.05, 0.1) is 0 Å². The lowest BCUT2D eigenvalue weighted by molar-refractivity contribution is 0.257. The van der Waals surface area contributed by atoms with E-state index in [1.165, 1.54) is 39.3 Å². The molecule has 4 saturated heterocycles. The molecule has 4 rings (SSSR count). The summed E-state index contributed by atoms with van der Waals surface area (Å²) >= 11 is 0. The van der Waals surface area contributed by atoms with Gasteiger partial charge in [-0.1, -0.05) is 0 Å². The number of fused-ring (bicyclic) bond motifs is 2. The lowest BCUT2D eigenvalue weighted by Gasteiger charge is -2.20. The third-order valence-electron chi connectivity index (χ3n) is 6.74. The molecule has 4 aliphatic heterocycles. The van der Waals surface area contributed by atoms with Gasteiger partial charge in [0.2, 0.25) is 0 Å². The standard InChI is InChI=1S/C9H18N2.C8H16N2/c1-7-9-6-10(2)4-8(9)5-11(7)3;1-6-8-4-9-3-7(8)5-10(6)2/h7-9H,4-6H2,1-3H3;6-9H,3-5H2,1-2H3/t7-,8+,9-;6-,7+,8-/m00/s1. The second-order valence-electron chi connectivity index (χ2n) is 8.09. The van der Waals surface area contributed by atoms with Crippen molar-refractivity contribution >= 4 is 0 Å². The van der Waals surface area contributed by atoms with Crippen LogP contribution in [-0.2, 0) is 0 Å². The number of likely N-dealkylation sites (tertiary alicyclic amines) is 3. The summed E-state index contributed by atoms with van der Waals surface area (Å²) in [5.74, 6) is 3.79. The normalized spacial score (nSPS) is 47.3. The second kappa shape index (κ2) is 6.15. The Morgan fingerprint density at radius 3 is 1.95 bits per heavy atom. The zero-order valence-corrected chi connectivity index (χ0v) is 14.5. The van der Waals surface area contributed by atoms with Crippen molar-refractivity contribution in [2.45, 2.75) is 25.9 Å². The molecule has 0 aromatic heterocycles. The molecule has 4 aliphatic rings. The Hall–Kier alpha value is -0.160. The predicted octanol–water partition coefficient (Wildman–Crippen LogP) is 0.654. The number of nitrogens with one attached hydrogen (secondary N) is 1. The molecule has 0 bridgehead atoms. The highest BCUT2D eigenvalue weighted by atomic mass is 15.2. The Labute approximate surface area is 130 Å². The van der Waals surface area contributed by atoms with Crippen LogP contribution in [0.1, 0.15) is 13.8 Å². The largest absolute Gasteiger partial charge is 0.316 e. The van der Waals surface area contributed by atoms with Crippen LogP contribution in [0.4, 0.5) is 0 Å². The maximum Gasteiger partial charge on any atom is 0.0108 e. The fourth-order valence-electron chi connectivity index (χ4n) is 5.10. The summed E-state index contributed by atoms with van der Waals surface area (Å²) in [4.78, 5) is 7.46. The van der Waals surface area contributed by atoms with Crippen LogP contribution >= 0.6 is 0 Å². The molecule has 0 unspecified atom stereocenters. The van der Waals surface area contributed by atoms with E-state index in [1.807, 2.05) is 0 Å². The van der Waals surface area contributed by atoms with Gasteiger partial charge in [-0.05, 0) is 71.8 Å². The minimum Gasteiger partial charge on any atom is -0.316 e. The van der Waals surface area contributed by atoms with Crippen molar-refractivity contribution in [3.63, 3.8) is 0 Å². The van der Waals surface area contributed by atoms with Gasteiger partial charge >= 0.3 is 0 Å². The topological polar surface area (TPSA) is 21.8 Å². The van der Waals surface area contributed by atoms with Gasteiger partial charge in [-0.3, -0.25) is 0 Å². The van der Waals surface area contributed by atoms with Gasteiger partial charge in [0.15, 0.2) is 0 Å². The second-order valence-corrected chi connectivity index (χ2v) is 8.09. The summed E-state index contributed by atoms with van der Waals surface area (Å²) in [7, 11) is 6.73. The summed E-state index contributed by atoms with van der Waals surface area (Å²) in [5.41, 5.74) is 0. The van der Waals surface area contributed by atoms with Crippen LogP contribution in [0.2, 0.25) is 0 Å². The molecule has 4 fully saturated rings. The molecule has 6 atom stereocenters.